The van der Waals surface area contributed by atoms with Gasteiger partial charge in [-0.3, -0.25) is 4.57 Å². The highest BCUT2D eigenvalue weighted by Crippen LogP contribution is 2.27. The number of aryl methyl sites for hydroxylation is 1. The fourth-order valence-corrected chi connectivity index (χ4v) is 2.25. The molecule has 1 saturated heterocycles. The SMILES string of the molecule is Cc1cn([C@H]2C[C@@H](O)[C@H](CO)O2)c(=O)n2nnnc12. The second-order valence-corrected chi connectivity index (χ2v) is 4.53. The lowest BCUT2D eigenvalue weighted by Gasteiger charge is -2.15. The van der Waals surface area contributed by atoms with Gasteiger partial charge in [-0.2, -0.15) is 0 Å². The van der Waals surface area contributed by atoms with Gasteiger partial charge >= 0.3 is 5.69 Å². The van der Waals surface area contributed by atoms with E-state index in [0.29, 0.717) is 5.65 Å². The minimum absolute atomic E-state index is 0.234. The highest BCUT2D eigenvalue weighted by Gasteiger charge is 2.35. The van der Waals surface area contributed by atoms with E-state index in [-0.39, 0.29) is 13.0 Å². The number of hydrogen-bond donors (Lipinski definition) is 2. The van der Waals surface area contributed by atoms with Crippen molar-refractivity contribution in [3.8, 4) is 0 Å². The van der Waals surface area contributed by atoms with E-state index in [9.17, 15) is 9.90 Å². The lowest BCUT2D eigenvalue weighted by molar-refractivity contribution is -0.0461. The summed E-state index contributed by atoms with van der Waals surface area (Å²) in [5, 5.41) is 29.6. The molecule has 0 amide bonds. The fourth-order valence-electron chi connectivity index (χ4n) is 2.25. The highest BCUT2D eigenvalue weighted by atomic mass is 16.5. The summed E-state index contributed by atoms with van der Waals surface area (Å²) < 4.78 is 7.86. The zero-order valence-electron chi connectivity index (χ0n) is 10.2. The number of aromatic nitrogens is 5. The van der Waals surface area contributed by atoms with Crippen LogP contribution in [0, 0.1) is 6.92 Å². The lowest BCUT2D eigenvalue weighted by atomic mass is 10.2. The first-order chi connectivity index (χ1) is 9.11. The van der Waals surface area contributed by atoms with Crippen LogP contribution in [0.2, 0.25) is 0 Å². The third-order valence-electron chi connectivity index (χ3n) is 3.25. The Kier molecular flexibility index (Phi) is 2.81. The predicted molar refractivity (Wildman–Crippen MR) is 61.4 cm³/mol. The quantitative estimate of drug-likeness (QED) is 0.662. The molecule has 0 saturated carbocycles. The first-order valence-electron chi connectivity index (χ1n) is 5.86. The molecule has 0 radical (unpaired) electrons. The maximum absolute atomic E-state index is 12.2. The molecular formula is C10H13N5O4. The largest absolute Gasteiger partial charge is 0.394 e. The van der Waals surface area contributed by atoms with E-state index in [2.05, 4.69) is 15.5 Å². The molecule has 9 nitrogen and oxygen atoms in total. The van der Waals surface area contributed by atoms with Gasteiger partial charge in [0.2, 0.25) is 0 Å². The van der Waals surface area contributed by atoms with Crippen LogP contribution in [0.5, 0.6) is 0 Å². The first kappa shape index (κ1) is 12.2. The monoisotopic (exact) mass is 267 g/mol. The highest BCUT2D eigenvalue weighted by molar-refractivity contribution is 5.42. The molecule has 0 bridgehead atoms. The van der Waals surface area contributed by atoms with Crippen LogP contribution < -0.4 is 5.69 Å². The van der Waals surface area contributed by atoms with Gasteiger partial charge in [0.25, 0.3) is 0 Å². The lowest BCUT2D eigenvalue weighted by Crippen LogP contribution is -2.31. The van der Waals surface area contributed by atoms with Crippen molar-refractivity contribution >= 4 is 5.65 Å². The van der Waals surface area contributed by atoms with Crippen LogP contribution in [0.3, 0.4) is 0 Å². The molecule has 102 valence electrons. The maximum Gasteiger partial charge on any atom is 0.354 e. The van der Waals surface area contributed by atoms with Gasteiger partial charge in [-0.1, -0.05) is 0 Å². The summed E-state index contributed by atoms with van der Waals surface area (Å²) in [5.41, 5.74) is 0.662. The summed E-state index contributed by atoms with van der Waals surface area (Å²) in [6, 6.07) is 0. The Morgan fingerprint density at radius 2 is 2.37 bits per heavy atom. The van der Waals surface area contributed by atoms with Crippen LogP contribution in [-0.4, -0.2) is 53.6 Å². The molecule has 0 aromatic carbocycles. The van der Waals surface area contributed by atoms with Crippen molar-refractivity contribution in [1.82, 2.24) is 24.6 Å². The predicted octanol–water partition coefficient (Wildman–Crippen LogP) is -1.76. The molecule has 0 spiro atoms. The standard InChI is InChI=1S/C10H13N5O4/c1-5-3-14(8-2-6(17)7(4-16)19-8)10(18)15-9(5)11-12-13-15/h3,6-8,16-17H,2,4H2,1H3/t6-,7+,8-/m1/s1. The number of fused-ring (bicyclic) bond motifs is 1. The third kappa shape index (κ3) is 1.82. The van der Waals surface area contributed by atoms with Crippen molar-refractivity contribution in [2.45, 2.75) is 31.8 Å². The van der Waals surface area contributed by atoms with Gasteiger partial charge in [-0.25, -0.2) is 4.79 Å². The van der Waals surface area contributed by atoms with Crippen LogP contribution in [0.4, 0.5) is 0 Å². The van der Waals surface area contributed by atoms with Crippen LogP contribution in [0.25, 0.3) is 5.65 Å². The van der Waals surface area contributed by atoms with Crippen molar-refractivity contribution in [3.63, 3.8) is 0 Å². The van der Waals surface area contributed by atoms with Gasteiger partial charge in [-0.05, 0) is 17.4 Å². The number of hydrogen-bond acceptors (Lipinski definition) is 7. The summed E-state index contributed by atoms with van der Waals surface area (Å²) in [5.74, 6) is 0. The zero-order valence-corrected chi connectivity index (χ0v) is 10.2. The van der Waals surface area contributed by atoms with Crippen molar-refractivity contribution in [1.29, 1.82) is 0 Å². The molecule has 2 aromatic rings. The molecule has 0 unspecified atom stereocenters. The zero-order chi connectivity index (χ0) is 13.6. The normalized spacial score (nSPS) is 27.2. The van der Waals surface area contributed by atoms with Crippen molar-refractivity contribution in [3.05, 3.63) is 22.2 Å². The average Bonchev–Trinajstić information content (AvgIpc) is 3.00. The second kappa shape index (κ2) is 4.37. The van der Waals surface area contributed by atoms with Gasteiger partial charge in [0.1, 0.15) is 12.3 Å². The van der Waals surface area contributed by atoms with Gasteiger partial charge in [0.05, 0.1) is 12.7 Å². The number of tetrazole rings is 1. The van der Waals surface area contributed by atoms with Crippen molar-refractivity contribution in [2.24, 2.45) is 0 Å². The molecule has 1 fully saturated rings. The molecule has 3 rings (SSSR count). The van der Waals surface area contributed by atoms with Crippen molar-refractivity contribution in [2.75, 3.05) is 6.61 Å². The fraction of sp³-hybridized carbons (Fsp3) is 0.600. The number of nitrogens with zero attached hydrogens (tertiary/aromatic N) is 5. The van der Waals surface area contributed by atoms with Crippen LogP contribution >= 0.6 is 0 Å². The Hall–Kier alpha value is -1.84. The third-order valence-corrected chi connectivity index (χ3v) is 3.25. The van der Waals surface area contributed by atoms with E-state index in [1.54, 1.807) is 13.1 Å². The van der Waals surface area contributed by atoms with E-state index in [4.69, 9.17) is 9.84 Å². The topological polar surface area (TPSA) is 115 Å². The number of ether oxygens (including phenoxy) is 1. The van der Waals surface area contributed by atoms with Crippen molar-refractivity contribution < 1.29 is 14.9 Å². The molecule has 0 aliphatic carbocycles. The van der Waals surface area contributed by atoms with Gasteiger partial charge in [-0.15, -0.1) is 9.61 Å². The molecule has 2 N–H and O–H groups in total. The molecular weight excluding hydrogens is 254 g/mol. The summed E-state index contributed by atoms with van der Waals surface area (Å²) in [4.78, 5) is 12.2. The van der Waals surface area contributed by atoms with E-state index in [0.717, 1.165) is 10.1 Å². The Balaban J connectivity index is 2.07. The summed E-state index contributed by atoms with van der Waals surface area (Å²) >= 11 is 0. The summed E-state index contributed by atoms with van der Waals surface area (Å²) in [7, 11) is 0. The van der Waals surface area contributed by atoms with E-state index in [1.807, 2.05) is 0 Å². The molecule has 19 heavy (non-hydrogen) atoms. The Bertz CT molecular complexity index is 665. The van der Waals surface area contributed by atoms with Gasteiger partial charge < -0.3 is 14.9 Å². The van der Waals surface area contributed by atoms with Gasteiger partial charge in [0.15, 0.2) is 5.65 Å². The minimum Gasteiger partial charge on any atom is -0.394 e. The van der Waals surface area contributed by atoms with Crippen LogP contribution in [0.15, 0.2) is 11.0 Å². The number of rotatable bonds is 2. The minimum atomic E-state index is -0.799. The Morgan fingerprint density at radius 3 is 3.05 bits per heavy atom. The second-order valence-electron chi connectivity index (χ2n) is 4.53. The molecule has 9 heteroatoms. The molecule has 1 aliphatic heterocycles. The summed E-state index contributed by atoms with van der Waals surface area (Å²) in [6.07, 6.45) is -0.288. The van der Waals surface area contributed by atoms with Crippen LogP contribution in [0.1, 0.15) is 18.2 Å². The van der Waals surface area contributed by atoms with Crippen LogP contribution in [-0.2, 0) is 4.74 Å². The average molecular weight is 267 g/mol. The Morgan fingerprint density at radius 1 is 1.58 bits per heavy atom. The van der Waals surface area contributed by atoms with E-state index in [1.165, 1.54) is 4.57 Å². The number of aliphatic hydroxyl groups excluding tert-OH is 2. The smallest absolute Gasteiger partial charge is 0.354 e. The van der Waals surface area contributed by atoms with Gasteiger partial charge in [0, 0.05) is 18.2 Å². The Labute approximate surface area is 107 Å². The summed E-state index contributed by atoms with van der Waals surface area (Å²) in [6.45, 7) is 1.48. The maximum atomic E-state index is 12.2. The molecule has 2 aromatic heterocycles. The van der Waals surface area contributed by atoms with E-state index < -0.39 is 24.1 Å². The van der Waals surface area contributed by atoms with E-state index >= 15 is 0 Å². The number of aliphatic hydroxyl groups is 2. The molecule has 3 atom stereocenters. The first-order valence-corrected chi connectivity index (χ1v) is 5.86. The molecule has 1 aliphatic rings. The molecule has 3 heterocycles.